The van der Waals surface area contributed by atoms with E-state index in [1.165, 1.54) is 11.1 Å². The minimum Gasteiger partial charge on any atom is -0.379 e. The molecule has 0 unspecified atom stereocenters. The number of ether oxygens (including phenoxy) is 1. The molecule has 3 nitrogen and oxygen atoms in total. The minimum atomic E-state index is 0.182. The number of nitrogens with zero attached hydrogens (tertiary/aromatic N) is 1. The summed E-state index contributed by atoms with van der Waals surface area (Å²) in [6, 6.07) is 8.97. The molecule has 118 valence electrons. The maximum absolute atomic E-state index is 5.44. The number of hydrogen-bond acceptors (Lipinski definition) is 3. The van der Waals surface area contributed by atoms with Gasteiger partial charge >= 0.3 is 0 Å². The highest BCUT2D eigenvalue weighted by molar-refractivity contribution is 5.24. The van der Waals surface area contributed by atoms with Gasteiger partial charge in [0.05, 0.1) is 13.2 Å². The molecule has 0 radical (unpaired) electrons. The Balaban J connectivity index is 1.80. The second-order valence-electron chi connectivity index (χ2n) is 6.91. The third-order valence-corrected chi connectivity index (χ3v) is 4.40. The summed E-state index contributed by atoms with van der Waals surface area (Å²) in [6.07, 6.45) is 0. The fraction of sp³-hybridized carbons (Fsp3) is 0.667. The Bertz CT molecular complexity index is 419. The maximum Gasteiger partial charge on any atom is 0.0594 e. The van der Waals surface area contributed by atoms with Gasteiger partial charge in [0.15, 0.2) is 0 Å². The molecule has 0 spiro atoms. The number of morpholine rings is 1. The first-order valence-corrected chi connectivity index (χ1v) is 8.11. The lowest BCUT2D eigenvalue weighted by molar-refractivity contribution is -0.00966. The summed E-state index contributed by atoms with van der Waals surface area (Å²) in [4.78, 5) is 2.52. The molecule has 0 bridgehead atoms. The van der Waals surface area contributed by atoms with E-state index < -0.39 is 0 Å². The van der Waals surface area contributed by atoms with Gasteiger partial charge < -0.3 is 10.1 Å². The van der Waals surface area contributed by atoms with Gasteiger partial charge in [-0.1, -0.05) is 38.1 Å². The molecule has 0 aromatic heterocycles. The van der Waals surface area contributed by atoms with E-state index in [0.29, 0.717) is 5.92 Å². The van der Waals surface area contributed by atoms with Crippen molar-refractivity contribution in [1.82, 2.24) is 10.2 Å². The number of hydrogen-bond donors (Lipinski definition) is 1. The zero-order valence-corrected chi connectivity index (χ0v) is 14.0. The normalized spacial score (nSPS) is 17.4. The van der Waals surface area contributed by atoms with Crippen LogP contribution >= 0.6 is 0 Å². The van der Waals surface area contributed by atoms with Gasteiger partial charge in [-0.25, -0.2) is 0 Å². The van der Waals surface area contributed by atoms with Gasteiger partial charge in [-0.15, -0.1) is 0 Å². The Labute approximate surface area is 129 Å². The minimum absolute atomic E-state index is 0.182. The quantitative estimate of drug-likeness (QED) is 0.871. The van der Waals surface area contributed by atoms with Crippen LogP contribution in [0.4, 0.5) is 0 Å². The summed E-state index contributed by atoms with van der Waals surface area (Å²) in [7, 11) is 0. The lowest BCUT2D eigenvalue weighted by Crippen LogP contribution is -2.54. The largest absolute Gasteiger partial charge is 0.379 e. The Hall–Kier alpha value is -0.900. The van der Waals surface area contributed by atoms with Gasteiger partial charge in [0.2, 0.25) is 0 Å². The van der Waals surface area contributed by atoms with Crippen molar-refractivity contribution in [1.29, 1.82) is 0 Å². The molecule has 1 heterocycles. The smallest absolute Gasteiger partial charge is 0.0594 e. The fourth-order valence-corrected chi connectivity index (χ4v) is 2.81. The van der Waals surface area contributed by atoms with Gasteiger partial charge in [-0.3, -0.25) is 4.90 Å². The molecule has 1 aliphatic rings. The van der Waals surface area contributed by atoms with Crippen LogP contribution in [0.5, 0.6) is 0 Å². The molecule has 3 heteroatoms. The number of nitrogens with one attached hydrogen (secondary N) is 1. The first-order valence-electron chi connectivity index (χ1n) is 8.11. The van der Waals surface area contributed by atoms with Crippen molar-refractivity contribution in [3.05, 3.63) is 35.4 Å². The predicted molar refractivity (Wildman–Crippen MR) is 88.7 cm³/mol. The van der Waals surface area contributed by atoms with Crippen molar-refractivity contribution in [2.24, 2.45) is 0 Å². The molecule has 1 fully saturated rings. The van der Waals surface area contributed by atoms with Crippen LogP contribution in [0.2, 0.25) is 0 Å². The molecule has 0 amide bonds. The second-order valence-corrected chi connectivity index (χ2v) is 6.91. The summed E-state index contributed by atoms with van der Waals surface area (Å²) in [5.74, 6) is 0.604. The average Bonchev–Trinajstić information content (AvgIpc) is 2.48. The van der Waals surface area contributed by atoms with Gasteiger partial charge in [0, 0.05) is 31.7 Å². The van der Waals surface area contributed by atoms with E-state index >= 15 is 0 Å². The Morgan fingerprint density at radius 1 is 1.14 bits per heavy atom. The fourth-order valence-electron chi connectivity index (χ4n) is 2.81. The Morgan fingerprint density at radius 2 is 1.76 bits per heavy atom. The summed E-state index contributed by atoms with van der Waals surface area (Å²) < 4.78 is 5.44. The van der Waals surface area contributed by atoms with Crippen LogP contribution in [0, 0.1) is 0 Å². The first kappa shape index (κ1) is 16.5. The van der Waals surface area contributed by atoms with Crippen molar-refractivity contribution in [3.8, 4) is 0 Å². The monoisotopic (exact) mass is 290 g/mol. The molecular weight excluding hydrogens is 260 g/mol. The molecular formula is C18H30N2O. The van der Waals surface area contributed by atoms with E-state index in [2.05, 4.69) is 62.2 Å². The highest BCUT2D eigenvalue weighted by atomic mass is 16.5. The molecule has 0 atom stereocenters. The van der Waals surface area contributed by atoms with Crippen molar-refractivity contribution in [2.75, 3.05) is 32.8 Å². The molecule has 0 aliphatic carbocycles. The highest BCUT2D eigenvalue weighted by Gasteiger charge is 2.27. The zero-order valence-electron chi connectivity index (χ0n) is 14.0. The highest BCUT2D eigenvalue weighted by Crippen LogP contribution is 2.16. The van der Waals surface area contributed by atoms with Crippen LogP contribution in [-0.4, -0.2) is 43.3 Å². The predicted octanol–water partition coefficient (Wildman–Crippen LogP) is 3.01. The van der Waals surface area contributed by atoms with Gasteiger partial charge in [-0.05, 0) is 30.9 Å². The van der Waals surface area contributed by atoms with Crippen molar-refractivity contribution in [3.63, 3.8) is 0 Å². The molecule has 1 aliphatic heterocycles. The third kappa shape index (κ3) is 4.80. The van der Waals surface area contributed by atoms with Crippen LogP contribution < -0.4 is 5.32 Å². The zero-order chi connectivity index (χ0) is 15.3. The summed E-state index contributed by atoms with van der Waals surface area (Å²) >= 11 is 0. The summed E-state index contributed by atoms with van der Waals surface area (Å²) in [6.45, 7) is 14.8. The molecule has 1 N–H and O–H groups in total. The molecule has 0 saturated carbocycles. The SMILES string of the molecule is CC(C)c1ccc(CNCC(C)(C)N2CCOCC2)cc1. The Morgan fingerprint density at radius 3 is 2.33 bits per heavy atom. The lowest BCUT2D eigenvalue weighted by Gasteiger charge is -2.41. The van der Waals surface area contributed by atoms with Gasteiger partial charge in [0.25, 0.3) is 0 Å². The maximum atomic E-state index is 5.44. The van der Waals surface area contributed by atoms with E-state index in [9.17, 15) is 0 Å². The van der Waals surface area contributed by atoms with Crippen LogP contribution in [0.1, 0.15) is 44.7 Å². The van der Waals surface area contributed by atoms with E-state index in [-0.39, 0.29) is 5.54 Å². The van der Waals surface area contributed by atoms with E-state index in [1.54, 1.807) is 0 Å². The molecule has 21 heavy (non-hydrogen) atoms. The van der Waals surface area contributed by atoms with E-state index in [0.717, 1.165) is 39.4 Å². The number of rotatable bonds is 6. The second kappa shape index (κ2) is 7.39. The van der Waals surface area contributed by atoms with Crippen LogP contribution in [0.15, 0.2) is 24.3 Å². The topological polar surface area (TPSA) is 24.5 Å². The van der Waals surface area contributed by atoms with E-state index in [4.69, 9.17) is 4.74 Å². The third-order valence-electron chi connectivity index (χ3n) is 4.40. The Kier molecular flexibility index (Phi) is 5.80. The van der Waals surface area contributed by atoms with Crippen LogP contribution in [-0.2, 0) is 11.3 Å². The summed E-state index contributed by atoms with van der Waals surface area (Å²) in [5, 5.41) is 3.61. The molecule has 2 rings (SSSR count). The van der Waals surface area contributed by atoms with Gasteiger partial charge in [0.1, 0.15) is 0 Å². The standard InChI is InChI=1S/C18H30N2O/c1-15(2)17-7-5-16(6-8-17)13-19-14-18(3,4)20-9-11-21-12-10-20/h5-8,15,19H,9-14H2,1-4H3. The van der Waals surface area contributed by atoms with Crippen molar-refractivity contribution >= 4 is 0 Å². The molecule has 1 saturated heterocycles. The number of benzene rings is 1. The van der Waals surface area contributed by atoms with Crippen LogP contribution in [0.25, 0.3) is 0 Å². The average molecular weight is 290 g/mol. The van der Waals surface area contributed by atoms with Crippen molar-refractivity contribution in [2.45, 2.75) is 45.7 Å². The summed E-state index contributed by atoms with van der Waals surface area (Å²) in [5.41, 5.74) is 2.95. The molecule has 1 aromatic rings. The van der Waals surface area contributed by atoms with Gasteiger partial charge in [-0.2, -0.15) is 0 Å². The van der Waals surface area contributed by atoms with Crippen molar-refractivity contribution < 1.29 is 4.74 Å². The molecule has 1 aromatic carbocycles. The first-order chi connectivity index (χ1) is 9.99. The lowest BCUT2D eigenvalue weighted by atomic mass is 10.0. The van der Waals surface area contributed by atoms with Crippen LogP contribution in [0.3, 0.4) is 0 Å². The van der Waals surface area contributed by atoms with E-state index in [1.807, 2.05) is 0 Å².